The minimum Gasteiger partial charge on any atom is -0.497 e. The van der Waals surface area contributed by atoms with Crippen LogP contribution in [0.1, 0.15) is 29.8 Å². The number of hydrogen-bond acceptors (Lipinski definition) is 8. The van der Waals surface area contributed by atoms with Crippen molar-refractivity contribution in [3.05, 3.63) is 29.3 Å². The number of benzene rings is 1. The Morgan fingerprint density at radius 1 is 1.14 bits per heavy atom. The molecule has 10 heteroatoms. The topological polar surface area (TPSA) is 120 Å². The molecule has 152 valence electrons. The average molecular weight is 394 g/mol. The highest BCUT2D eigenvalue weighted by Gasteiger charge is 2.60. The molecule has 0 unspecified atom stereocenters. The van der Waals surface area contributed by atoms with Crippen molar-refractivity contribution in [3.63, 3.8) is 0 Å². The first kappa shape index (κ1) is 21.0. The van der Waals surface area contributed by atoms with Crippen LogP contribution in [0, 0.1) is 0 Å². The maximum Gasteiger partial charge on any atom is 0.430 e. The number of carbonyl (C=O) groups excluding carboxylic acids is 4. The normalized spacial score (nSPS) is 17.4. The summed E-state index contributed by atoms with van der Waals surface area (Å²) in [5.41, 5.74) is 0.615. The summed E-state index contributed by atoms with van der Waals surface area (Å²) in [5, 5.41) is 0.537. The molecule has 0 bridgehead atoms. The van der Waals surface area contributed by atoms with Crippen LogP contribution in [0.15, 0.2) is 18.2 Å². The Morgan fingerprint density at radius 3 is 2.39 bits per heavy atom. The molecule has 0 fully saturated rings. The summed E-state index contributed by atoms with van der Waals surface area (Å²) in [6, 6.07) is 4.67. The second kappa shape index (κ2) is 8.59. The number of Topliss-reactive ketones (excluding diaryl/α,β-unsaturated/α-hetero) is 1. The first-order chi connectivity index (χ1) is 13.3. The Hall–Kier alpha value is -3.30. The van der Waals surface area contributed by atoms with Crippen molar-refractivity contribution in [2.45, 2.75) is 25.8 Å². The number of esters is 1. The molecule has 10 nitrogen and oxygen atoms in total. The summed E-state index contributed by atoms with van der Waals surface area (Å²) in [4.78, 5) is 50.6. The number of ketones is 1. The van der Waals surface area contributed by atoms with Crippen LogP contribution in [0.5, 0.6) is 5.75 Å². The van der Waals surface area contributed by atoms with Crippen LogP contribution in [-0.2, 0) is 25.4 Å². The summed E-state index contributed by atoms with van der Waals surface area (Å²) in [5.74, 6) is -1.37. The first-order valence-electron chi connectivity index (χ1n) is 8.56. The molecule has 0 saturated heterocycles. The van der Waals surface area contributed by atoms with E-state index in [0.717, 1.165) is 7.11 Å². The van der Waals surface area contributed by atoms with Gasteiger partial charge in [-0.3, -0.25) is 4.79 Å². The summed E-state index contributed by atoms with van der Waals surface area (Å²) in [6.07, 6.45) is -2.35. The van der Waals surface area contributed by atoms with Crippen molar-refractivity contribution in [2.24, 2.45) is 0 Å². The molecule has 28 heavy (non-hydrogen) atoms. The molecule has 0 aromatic heterocycles. The van der Waals surface area contributed by atoms with Gasteiger partial charge in [-0.05, 0) is 31.5 Å². The number of amides is 2. The van der Waals surface area contributed by atoms with Gasteiger partial charge in [0, 0.05) is 12.0 Å². The van der Waals surface area contributed by atoms with E-state index in [1.54, 1.807) is 26.0 Å². The van der Waals surface area contributed by atoms with Gasteiger partial charge < -0.3 is 18.9 Å². The molecule has 1 atom stereocenters. The van der Waals surface area contributed by atoms with Crippen LogP contribution in [-0.4, -0.2) is 61.9 Å². The zero-order chi connectivity index (χ0) is 20.9. The standard InChI is InChI=1S/C18H22N2O8/c1-5-27-16(23)19-20(17(24)28-6-2)18(15(22)26-4)10-11-7-8-12(25-3)9-13(11)14(18)21/h7-9H,5-6,10H2,1-4H3,(H,19,23)/t18-/m0/s1. The van der Waals surface area contributed by atoms with E-state index in [-0.39, 0.29) is 25.2 Å². The van der Waals surface area contributed by atoms with Gasteiger partial charge in [0.25, 0.3) is 0 Å². The van der Waals surface area contributed by atoms with E-state index >= 15 is 0 Å². The monoisotopic (exact) mass is 394 g/mol. The van der Waals surface area contributed by atoms with Crippen molar-refractivity contribution in [1.29, 1.82) is 0 Å². The Bertz CT molecular complexity index is 794. The van der Waals surface area contributed by atoms with E-state index in [0.29, 0.717) is 16.3 Å². The molecule has 1 aromatic rings. The molecule has 2 rings (SSSR count). The van der Waals surface area contributed by atoms with Crippen LogP contribution in [0.2, 0.25) is 0 Å². The molecule has 1 N–H and O–H groups in total. The highest BCUT2D eigenvalue weighted by atomic mass is 16.6. The van der Waals surface area contributed by atoms with Crippen LogP contribution >= 0.6 is 0 Å². The lowest BCUT2D eigenvalue weighted by Crippen LogP contribution is -2.67. The molecule has 0 radical (unpaired) electrons. The third kappa shape index (κ3) is 3.57. The molecule has 0 aliphatic heterocycles. The summed E-state index contributed by atoms with van der Waals surface area (Å²) in [7, 11) is 2.51. The Labute approximate surface area is 161 Å². The summed E-state index contributed by atoms with van der Waals surface area (Å²) >= 11 is 0. The summed E-state index contributed by atoms with van der Waals surface area (Å²) in [6.45, 7) is 3.07. The van der Waals surface area contributed by atoms with Gasteiger partial charge in [0.05, 0.1) is 27.4 Å². The first-order valence-corrected chi connectivity index (χ1v) is 8.56. The molecular formula is C18H22N2O8. The van der Waals surface area contributed by atoms with E-state index < -0.39 is 29.5 Å². The lowest BCUT2D eigenvalue weighted by Gasteiger charge is -2.35. The number of hydrazine groups is 1. The van der Waals surface area contributed by atoms with Crippen molar-refractivity contribution in [2.75, 3.05) is 27.4 Å². The van der Waals surface area contributed by atoms with E-state index in [2.05, 4.69) is 5.43 Å². The zero-order valence-corrected chi connectivity index (χ0v) is 16.1. The van der Waals surface area contributed by atoms with E-state index in [1.165, 1.54) is 13.2 Å². The van der Waals surface area contributed by atoms with Gasteiger partial charge in [-0.25, -0.2) is 19.8 Å². The number of hydrogen-bond donors (Lipinski definition) is 1. The highest BCUT2D eigenvalue weighted by Crippen LogP contribution is 2.37. The number of nitrogens with one attached hydrogen (secondary N) is 1. The predicted molar refractivity (Wildman–Crippen MR) is 94.8 cm³/mol. The molecule has 0 spiro atoms. The van der Waals surface area contributed by atoms with E-state index in [4.69, 9.17) is 18.9 Å². The van der Waals surface area contributed by atoms with Gasteiger partial charge >= 0.3 is 18.2 Å². The number of ether oxygens (including phenoxy) is 4. The fourth-order valence-corrected chi connectivity index (χ4v) is 2.97. The van der Waals surface area contributed by atoms with Gasteiger partial charge in [-0.15, -0.1) is 0 Å². The highest BCUT2D eigenvalue weighted by molar-refractivity contribution is 6.21. The SMILES string of the molecule is CCOC(=O)NN(C(=O)OCC)[C@@]1(C(=O)OC)Cc2ccc(OC)cc2C1=O. The quantitative estimate of drug-likeness (QED) is 0.345. The average Bonchev–Trinajstić information content (AvgIpc) is 2.98. The van der Waals surface area contributed by atoms with Crippen molar-refractivity contribution in [1.82, 2.24) is 10.4 Å². The van der Waals surface area contributed by atoms with Gasteiger partial charge in [0.2, 0.25) is 11.3 Å². The van der Waals surface area contributed by atoms with Gasteiger partial charge in [0.1, 0.15) is 5.75 Å². The molecule has 0 heterocycles. The lowest BCUT2D eigenvalue weighted by atomic mass is 9.93. The van der Waals surface area contributed by atoms with Crippen LogP contribution in [0.4, 0.5) is 9.59 Å². The Kier molecular flexibility index (Phi) is 6.45. The van der Waals surface area contributed by atoms with Gasteiger partial charge in [0.15, 0.2) is 0 Å². The zero-order valence-electron chi connectivity index (χ0n) is 16.1. The number of methoxy groups -OCH3 is 2. The second-order valence-electron chi connectivity index (χ2n) is 5.75. The fourth-order valence-electron chi connectivity index (χ4n) is 2.97. The van der Waals surface area contributed by atoms with E-state index in [9.17, 15) is 19.2 Å². The molecule has 1 aliphatic rings. The Balaban J connectivity index is 2.58. The van der Waals surface area contributed by atoms with Crippen molar-refractivity contribution in [3.8, 4) is 5.75 Å². The predicted octanol–water partition coefficient (Wildman–Crippen LogP) is 1.47. The van der Waals surface area contributed by atoms with Crippen LogP contribution < -0.4 is 10.2 Å². The largest absolute Gasteiger partial charge is 0.497 e. The maximum absolute atomic E-state index is 13.3. The van der Waals surface area contributed by atoms with Crippen LogP contribution in [0.3, 0.4) is 0 Å². The summed E-state index contributed by atoms with van der Waals surface area (Å²) < 4.78 is 19.7. The second-order valence-corrected chi connectivity index (χ2v) is 5.75. The fraction of sp³-hybridized carbons (Fsp3) is 0.444. The van der Waals surface area contributed by atoms with E-state index in [1.807, 2.05) is 0 Å². The van der Waals surface area contributed by atoms with Crippen LogP contribution in [0.25, 0.3) is 0 Å². The number of nitrogens with zero attached hydrogens (tertiary/aromatic N) is 1. The Morgan fingerprint density at radius 2 is 1.82 bits per heavy atom. The minimum atomic E-state index is -2.18. The third-order valence-electron chi connectivity index (χ3n) is 4.22. The van der Waals surface area contributed by atoms with Crippen molar-refractivity contribution < 1.29 is 38.1 Å². The molecule has 1 aromatic carbocycles. The van der Waals surface area contributed by atoms with Gasteiger partial charge in [-0.2, -0.15) is 5.01 Å². The molecule has 2 amide bonds. The third-order valence-corrected chi connectivity index (χ3v) is 4.22. The van der Waals surface area contributed by atoms with Gasteiger partial charge in [-0.1, -0.05) is 6.07 Å². The molecular weight excluding hydrogens is 372 g/mol. The number of fused-ring (bicyclic) bond motifs is 1. The minimum absolute atomic E-state index is 0.0130. The lowest BCUT2D eigenvalue weighted by molar-refractivity contribution is -0.152. The number of rotatable bonds is 5. The number of carbonyl (C=O) groups is 4. The smallest absolute Gasteiger partial charge is 0.430 e. The molecule has 1 aliphatic carbocycles. The molecule has 0 saturated carbocycles. The maximum atomic E-state index is 13.3. The van der Waals surface area contributed by atoms with Crippen molar-refractivity contribution >= 4 is 23.9 Å².